The summed E-state index contributed by atoms with van der Waals surface area (Å²) >= 11 is 5.33. The molecule has 1 heterocycles. The molecule has 0 amide bonds. The molecule has 1 aromatic heterocycles. The predicted molar refractivity (Wildman–Crippen MR) is 143 cm³/mol. The Morgan fingerprint density at radius 1 is 0.811 bits per heavy atom. The van der Waals surface area contributed by atoms with Gasteiger partial charge in [0.05, 0.1) is 4.90 Å². The summed E-state index contributed by atoms with van der Waals surface area (Å²) in [5.41, 5.74) is 2.72. The minimum atomic E-state index is -3.98. The van der Waals surface area contributed by atoms with Crippen LogP contribution in [0.1, 0.15) is 16.7 Å². The lowest BCUT2D eigenvalue weighted by atomic mass is 10.2. The molecule has 0 atom stereocenters. The molecule has 4 rings (SSSR count). The third-order valence-electron chi connectivity index (χ3n) is 5.47. The molecule has 37 heavy (non-hydrogen) atoms. The summed E-state index contributed by atoms with van der Waals surface area (Å²) in [5.74, 6) is -0.875. The van der Waals surface area contributed by atoms with Gasteiger partial charge in [0.1, 0.15) is 11.6 Å². The summed E-state index contributed by atoms with van der Waals surface area (Å²) in [5, 5.41) is 6.50. The van der Waals surface area contributed by atoms with Gasteiger partial charge in [0.25, 0.3) is 0 Å². The Morgan fingerprint density at radius 2 is 1.49 bits per heavy atom. The van der Waals surface area contributed by atoms with E-state index in [1.165, 1.54) is 58.9 Å². The molecule has 10 heteroatoms. The average molecular weight is 539 g/mol. The number of hydrogen-bond donors (Lipinski definition) is 2. The highest BCUT2D eigenvalue weighted by atomic mass is 32.2. The van der Waals surface area contributed by atoms with Gasteiger partial charge in [0.15, 0.2) is 5.11 Å². The Balaban J connectivity index is 1.49. The van der Waals surface area contributed by atoms with Crippen LogP contribution in [0, 0.1) is 11.6 Å². The van der Waals surface area contributed by atoms with Crippen molar-refractivity contribution in [2.75, 3.05) is 5.32 Å². The van der Waals surface area contributed by atoms with Crippen molar-refractivity contribution >= 4 is 33.0 Å². The first kappa shape index (κ1) is 26.3. The monoisotopic (exact) mass is 538 g/mol. The van der Waals surface area contributed by atoms with Crippen molar-refractivity contribution < 1.29 is 17.2 Å². The first-order valence-electron chi connectivity index (χ1n) is 11.3. The Kier molecular flexibility index (Phi) is 8.54. The number of sulfonamides is 1. The molecule has 0 fully saturated rings. The summed E-state index contributed by atoms with van der Waals surface area (Å²) in [6, 6.07) is 21.3. The van der Waals surface area contributed by atoms with Gasteiger partial charge in [-0.15, -0.1) is 0 Å². The fourth-order valence-electron chi connectivity index (χ4n) is 3.58. The van der Waals surface area contributed by atoms with Crippen LogP contribution in [0.2, 0.25) is 0 Å². The number of nitrogens with zero attached hydrogens (tertiary/aromatic N) is 2. The van der Waals surface area contributed by atoms with Gasteiger partial charge in [-0.05, 0) is 89.6 Å². The van der Waals surface area contributed by atoms with Crippen molar-refractivity contribution in [2.24, 2.45) is 0 Å². The third kappa shape index (κ3) is 7.39. The van der Waals surface area contributed by atoms with Crippen molar-refractivity contribution in [1.29, 1.82) is 0 Å². The Hall–Kier alpha value is -3.73. The summed E-state index contributed by atoms with van der Waals surface area (Å²) in [4.78, 5) is 4.04. The van der Waals surface area contributed by atoms with Gasteiger partial charge in [-0.1, -0.05) is 24.3 Å². The molecular formula is C27H24F2N4O2S2. The minimum Gasteiger partial charge on any atom is -0.358 e. The summed E-state index contributed by atoms with van der Waals surface area (Å²) in [6.45, 7) is 0.446. The van der Waals surface area contributed by atoms with Crippen LogP contribution in [0.5, 0.6) is 0 Å². The summed E-state index contributed by atoms with van der Waals surface area (Å²) in [7, 11) is -3.98. The van der Waals surface area contributed by atoms with E-state index < -0.39 is 21.7 Å². The lowest BCUT2D eigenvalue weighted by molar-refractivity contribution is 0.400. The van der Waals surface area contributed by atoms with E-state index in [1.54, 1.807) is 30.6 Å². The molecule has 2 N–H and O–H groups in total. The molecule has 190 valence electrons. The second-order valence-corrected chi connectivity index (χ2v) is 10.6. The van der Waals surface area contributed by atoms with E-state index in [-0.39, 0.29) is 18.0 Å². The Labute approximate surface area is 220 Å². The number of anilines is 1. The molecule has 0 radical (unpaired) electrons. The van der Waals surface area contributed by atoms with E-state index >= 15 is 0 Å². The molecular weight excluding hydrogens is 514 g/mol. The van der Waals surface area contributed by atoms with Crippen LogP contribution < -0.4 is 10.6 Å². The van der Waals surface area contributed by atoms with Gasteiger partial charge in [-0.2, -0.15) is 4.31 Å². The van der Waals surface area contributed by atoms with Crippen molar-refractivity contribution in [3.8, 4) is 0 Å². The minimum absolute atomic E-state index is 0.0118. The highest BCUT2D eigenvalue weighted by molar-refractivity contribution is 7.89. The molecule has 0 aliphatic heterocycles. The van der Waals surface area contributed by atoms with Crippen molar-refractivity contribution in [3.05, 3.63) is 126 Å². The number of halogens is 2. The molecule has 0 aliphatic rings. The zero-order valence-corrected chi connectivity index (χ0v) is 21.3. The van der Waals surface area contributed by atoms with Crippen LogP contribution in [0.4, 0.5) is 14.5 Å². The lowest BCUT2D eigenvalue weighted by Crippen LogP contribution is -2.30. The van der Waals surface area contributed by atoms with Gasteiger partial charge in [-0.25, -0.2) is 17.2 Å². The number of nitrogens with one attached hydrogen (secondary N) is 2. The maximum atomic E-state index is 13.8. The van der Waals surface area contributed by atoms with Gasteiger partial charge in [0.2, 0.25) is 10.0 Å². The number of rotatable bonds is 9. The maximum absolute atomic E-state index is 13.8. The molecule has 0 aliphatic carbocycles. The van der Waals surface area contributed by atoms with Gasteiger partial charge >= 0.3 is 0 Å². The van der Waals surface area contributed by atoms with Crippen LogP contribution in [0.3, 0.4) is 0 Å². The SMILES string of the molecule is O=S(=O)(c1ccc(NC(=S)NCc2ccncc2)cc1)N(Cc1ccc(F)cc1)Cc1cccc(F)c1. The van der Waals surface area contributed by atoms with Crippen LogP contribution in [0.15, 0.2) is 102 Å². The first-order chi connectivity index (χ1) is 17.8. The molecule has 4 aromatic rings. The molecule has 0 bridgehead atoms. The van der Waals surface area contributed by atoms with Crippen LogP contribution in [-0.4, -0.2) is 22.8 Å². The van der Waals surface area contributed by atoms with Crippen molar-refractivity contribution in [2.45, 2.75) is 24.5 Å². The number of aromatic nitrogens is 1. The highest BCUT2D eigenvalue weighted by Gasteiger charge is 2.25. The first-order valence-corrected chi connectivity index (χ1v) is 13.2. The van der Waals surface area contributed by atoms with Gasteiger partial charge < -0.3 is 10.6 Å². The second-order valence-electron chi connectivity index (χ2n) is 8.22. The van der Waals surface area contributed by atoms with E-state index in [1.807, 2.05) is 12.1 Å². The lowest BCUT2D eigenvalue weighted by Gasteiger charge is -2.23. The van der Waals surface area contributed by atoms with Crippen molar-refractivity contribution in [3.63, 3.8) is 0 Å². The predicted octanol–water partition coefficient (Wildman–Crippen LogP) is 5.24. The molecule has 3 aromatic carbocycles. The third-order valence-corrected chi connectivity index (χ3v) is 7.52. The summed E-state index contributed by atoms with van der Waals surface area (Å²) < 4.78 is 55.6. The Bertz CT molecular complexity index is 1450. The average Bonchev–Trinajstić information content (AvgIpc) is 2.89. The molecule has 0 unspecified atom stereocenters. The summed E-state index contributed by atoms with van der Waals surface area (Å²) in [6.07, 6.45) is 3.39. The number of benzene rings is 3. The number of pyridine rings is 1. The second kappa shape index (κ2) is 12.0. The standard InChI is InChI=1S/C27H24F2N4O2S2/c28-23-6-4-21(5-7-23)18-33(19-22-2-1-3-24(29)16-22)37(34,35)26-10-8-25(9-11-26)32-27(36)31-17-20-12-14-30-15-13-20/h1-16H,17-19H2,(H2,31,32,36). The zero-order chi connectivity index (χ0) is 26.3. The van der Waals surface area contributed by atoms with E-state index in [9.17, 15) is 17.2 Å². The van der Waals surface area contributed by atoms with E-state index in [0.29, 0.717) is 28.5 Å². The van der Waals surface area contributed by atoms with Crippen LogP contribution in [-0.2, 0) is 29.7 Å². The quantitative estimate of drug-likeness (QED) is 0.284. The molecule has 0 saturated heterocycles. The topological polar surface area (TPSA) is 74.3 Å². The smallest absolute Gasteiger partial charge is 0.243 e. The highest BCUT2D eigenvalue weighted by Crippen LogP contribution is 2.23. The van der Waals surface area contributed by atoms with Gasteiger partial charge in [0, 0.05) is 37.7 Å². The number of hydrogen-bond acceptors (Lipinski definition) is 4. The van der Waals surface area contributed by atoms with Crippen LogP contribution >= 0.6 is 12.2 Å². The van der Waals surface area contributed by atoms with E-state index in [0.717, 1.165) is 5.56 Å². The normalized spacial score (nSPS) is 11.3. The Morgan fingerprint density at radius 3 is 2.16 bits per heavy atom. The zero-order valence-electron chi connectivity index (χ0n) is 19.6. The fourth-order valence-corrected chi connectivity index (χ4v) is 5.18. The van der Waals surface area contributed by atoms with Gasteiger partial charge in [-0.3, -0.25) is 4.98 Å². The number of thiocarbonyl (C=S) groups is 1. The molecule has 0 spiro atoms. The van der Waals surface area contributed by atoms with Crippen molar-refractivity contribution in [1.82, 2.24) is 14.6 Å². The molecule has 0 saturated carbocycles. The van der Waals surface area contributed by atoms with Crippen LogP contribution in [0.25, 0.3) is 0 Å². The fraction of sp³-hybridized carbons (Fsp3) is 0.111. The maximum Gasteiger partial charge on any atom is 0.243 e. The van der Waals surface area contributed by atoms with E-state index in [4.69, 9.17) is 12.2 Å². The largest absolute Gasteiger partial charge is 0.358 e. The molecule has 6 nitrogen and oxygen atoms in total. The van der Waals surface area contributed by atoms with E-state index in [2.05, 4.69) is 15.6 Å².